The van der Waals surface area contributed by atoms with Gasteiger partial charge in [-0.2, -0.15) is 0 Å². The van der Waals surface area contributed by atoms with E-state index < -0.39 is 0 Å². The summed E-state index contributed by atoms with van der Waals surface area (Å²) in [6, 6.07) is 0. The zero-order chi connectivity index (χ0) is 12.7. The van der Waals surface area contributed by atoms with E-state index in [0.717, 1.165) is 38.8 Å². The SMILES string of the molecule is CCNCC(C)(C)CN(C)CC1CCCOC1. The van der Waals surface area contributed by atoms with Crippen molar-refractivity contribution >= 4 is 0 Å². The Morgan fingerprint density at radius 1 is 1.41 bits per heavy atom. The Bertz CT molecular complexity index is 200. The molecule has 3 nitrogen and oxygen atoms in total. The summed E-state index contributed by atoms with van der Waals surface area (Å²) in [5, 5.41) is 3.45. The van der Waals surface area contributed by atoms with Gasteiger partial charge in [0.25, 0.3) is 0 Å². The summed E-state index contributed by atoms with van der Waals surface area (Å²) in [4.78, 5) is 2.47. The van der Waals surface area contributed by atoms with Crippen LogP contribution in [0.15, 0.2) is 0 Å². The third-order valence-electron chi connectivity index (χ3n) is 3.38. The van der Waals surface area contributed by atoms with E-state index >= 15 is 0 Å². The summed E-state index contributed by atoms with van der Waals surface area (Å²) in [5.74, 6) is 0.740. The molecule has 0 radical (unpaired) electrons. The van der Waals surface area contributed by atoms with Gasteiger partial charge in [-0.05, 0) is 37.8 Å². The van der Waals surface area contributed by atoms with Crippen molar-refractivity contribution in [3.8, 4) is 0 Å². The summed E-state index contributed by atoms with van der Waals surface area (Å²) in [7, 11) is 2.24. The molecule has 1 saturated heterocycles. The van der Waals surface area contributed by atoms with Crippen LogP contribution in [-0.2, 0) is 4.74 Å². The molecule has 0 aliphatic carbocycles. The molecule has 1 N–H and O–H groups in total. The Labute approximate surface area is 107 Å². The lowest BCUT2D eigenvalue weighted by Gasteiger charge is -2.33. The normalized spacial score (nSPS) is 22.1. The number of nitrogens with one attached hydrogen (secondary N) is 1. The smallest absolute Gasteiger partial charge is 0.0506 e. The molecule has 3 heteroatoms. The van der Waals surface area contributed by atoms with Crippen LogP contribution in [0.1, 0.15) is 33.6 Å². The fraction of sp³-hybridized carbons (Fsp3) is 1.00. The summed E-state index contributed by atoms with van der Waals surface area (Å²) >= 11 is 0. The lowest BCUT2D eigenvalue weighted by molar-refractivity contribution is 0.0373. The molecule has 0 saturated carbocycles. The maximum atomic E-state index is 5.54. The average molecular weight is 242 g/mol. The monoisotopic (exact) mass is 242 g/mol. The van der Waals surface area contributed by atoms with Gasteiger partial charge < -0.3 is 15.0 Å². The first-order chi connectivity index (χ1) is 8.03. The summed E-state index contributed by atoms with van der Waals surface area (Å²) in [6.45, 7) is 13.2. The zero-order valence-corrected chi connectivity index (χ0v) is 12.1. The molecule has 1 atom stereocenters. The molecule has 17 heavy (non-hydrogen) atoms. The van der Waals surface area contributed by atoms with Gasteiger partial charge in [0.15, 0.2) is 0 Å². The molecule has 0 aromatic heterocycles. The van der Waals surface area contributed by atoms with E-state index in [0.29, 0.717) is 5.41 Å². The van der Waals surface area contributed by atoms with Gasteiger partial charge >= 0.3 is 0 Å². The van der Waals surface area contributed by atoms with Crippen LogP contribution in [0.2, 0.25) is 0 Å². The Morgan fingerprint density at radius 2 is 2.18 bits per heavy atom. The van der Waals surface area contributed by atoms with Crippen molar-refractivity contribution in [2.24, 2.45) is 11.3 Å². The van der Waals surface area contributed by atoms with E-state index in [1.165, 1.54) is 19.4 Å². The number of hydrogen-bond donors (Lipinski definition) is 1. The Hall–Kier alpha value is -0.120. The van der Waals surface area contributed by atoms with Crippen LogP contribution in [0.25, 0.3) is 0 Å². The first-order valence-corrected chi connectivity index (χ1v) is 7.00. The predicted octanol–water partition coefficient (Wildman–Crippen LogP) is 1.98. The minimum Gasteiger partial charge on any atom is -0.381 e. The highest BCUT2D eigenvalue weighted by Crippen LogP contribution is 2.18. The van der Waals surface area contributed by atoms with Crippen LogP contribution in [0.4, 0.5) is 0 Å². The molecule has 1 fully saturated rings. The molecule has 0 aromatic rings. The molecule has 1 heterocycles. The highest BCUT2D eigenvalue weighted by atomic mass is 16.5. The molecule has 0 amide bonds. The second-order valence-electron chi connectivity index (χ2n) is 6.22. The van der Waals surface area contributed by atoms with Gasteiger partial charge in [-0.3, -0.25) is 0 Å². The first kappa shape index (κ1) is 14.9. The predicted molar refractivity (Wildman–Crippen MR) is 73.4 cm³/mol. The fourth-order valence-corrected chi connectivity index (χ4v) is 2.71. The van der Waals surface area contributed by atoms with Gasteiger partial charge in [0.1, 0.15) is 0 Å². The fourth-order valence-electron chi connectivity index (χ4n) is 2.71. The Kier molecular flexibility index (Phi) is 6.45. The Morgan fingerprint density at radius 3 is 2.76 bits per heavy atom. The average Bonchev–Trinajstić information content (AvgIpc) is 2.27. The number of nitrogens with zero attached hydrogens (tertiary/aromatic N) is 1. The van der Waals surface area contributed by atoms with Crippen LogP contribution in [-0.4, -0.2) is 51.3 Å². The highest BCUT2D eigenvalue weighted by molar-refractivity contribution is 4.76. The van der Waals surface area contributed by atoms with E-state index in [1.54, 1.807) is 0 Å². The van der Waals surface area contributed by atoms with Gasteiger partial charge in [0, 0.05) is 26.2 Å². The molecule has 1 rings (SSSR count). The quantitative estimate of drug-likeness (QED) is 0.739. The van der Waals surface area contributed by atoms with Crippen LogP contribution in [0.3, 0.4) is 0 Å². The van der Waals surface area contributed by atoms with Gasteiger partial charge in [0.05, 0.1) is 6.61 Å². The van der Waals surface area contributed by atoms with Gasteiger partial charge in [-0.25, -0.2) is 0 Å². The third-order valence-corrected chi connectivity index (χ3v) is 3.38. The third kappa shape index (κ3) is 6.39. The van der Waals surface area contributed by atoms with Crippen molar-refractivity contribution in [3.05, 3.63) is 0 Å². The molecular weight excluding hydrogens is 212 g/mol. The largest absolute Gasteiger partial charge is 0.381 e. The van der Waals surface area contributed by atoms with Crippen molar-refractivity contribution < 1.29 is 4.74 Å². The molecular formula is C14H30N2O. The molecule has 0 spiro atoms. The zero-order valence-electron chi connectivity index (χ0n) is 12.1. The number of hydrogen-bond acceptors (Lipinski definition) is 3. The molecule has 1 aliphatic rings. The van der Waals surface area contributed by atoms with E-state index in [2.05, 4.69) is 38.0 Å². The number of rotatable bonds is 7. The minimum atomic E-state index is 0.348. The maximum absolute atomic E-state index is 5.54. The van der Waals surface area contributed by atoms with E-state index in [4.69, 9.17) is 4.74 Å². The maximum Gasteiger partial charge on any atom is 0.0506 e. The minimum absolute atomic E-state index is 0.348. The second-order valence-corrected chi connectivity index (χ2v) is 6.22. The standard InChI is InChI=1S/C14H30N2O/c1-5-15-11-14(2,3)12-16(4)9-13-7-6-8-17-10-13/h13,15H,5-12H2,1-4H3. The van der Waals surface area contributed by atoms with Crippen molar-refractivity contribution in [2.45, 2.75) is 33.6 Å². The molecule has 1 aliphatic heterocycles. The van der Waals surface area contributed by atoms with Gasteiger partial charge in [0.2, 0.25) is 0 Å². The van der Waals surface area contributed by atoms with Gasteiger partial charge in [-0.15, -0.1) is 0 Å². The molecule has 102 valence electrons. The molecule has 0 aromatic carbocycles. The van der Waals surface area contributed by atoms with Crippen LogP contribution in [0.5, 0.6) is 0 Å². The number of ether oxygens (including phenoxy) is 1. The van der Waals surface area contributed by atoms with Crippen molar-refractivity contribution in [3.63, 3.8) is 0 Å². The molecule has 1 unspecified atom stereocenters. The topological polar surface area (TPSA) is 24.5 Å². The van der Waals surface area contributed by atoms with Crippen LogP contribution in [0, 0.1) is 11.3 Å². The van der Waals surface area contributed by atoms with E-state index in [-0.39, 0.29) is 0 Å². The molecule has 0 bridgehead atoms. The summed E-state index contributed by atoms with van der Waals surface area (Å²) in [5.41, 5.74) is 0.348. The van der Waals surface area contributed by atoms with Crippen molar-refractivity contribution in [1.82, 2.24) is 10.2 Å². The Balaban J connectivity index is 2.24. The van der Waals surface area contributed by atoms with Crippen LogP contribution < -0.4 is 5.32 Å². The lowest BCUT2D eigenvalue weighted by Crippen LogP contribution is -2.41. The van der Waals surface area contributed by atoms with Crippen LogP contribution >= 0.6 is 0 Å². The van der Waals surface area contributed by atoms with Gasteiger partial charge in [-0.1, -0.05) is 20.8 Å². The van der Waals surface area contributed by atoms with Crippen molar-refractivity contribution in [2.75, 3.05) is 46.4 Å². The second kappa shape index (κ2) is 7.34. The van der Waals surface area contributed by atoms with E-state index in [1.807, 2.05) is 0 Å². The van der Waals surface area contributed by atoms with E-state index in [9.17, 15) is 0 Å². The van der Waals surface area contributed by atoms with Crippen molar-refractivity contribution in [1.29, 1.82) is 0 Å². The highest BCUT2D eigenvalue weighted by Gasteiger charge is 2.22. The lowest BCUT2D eigenvalue weighted by atomic mass is 9.92. The summed E-state index contributed by atoms with van der Waals surface area (Å²) in [6.07, 6.45) is 2.57. The summed E-state index contributed by atoms with van der Waals surface area (Å²) < 4.78 is 5.54. The first-order valence-electron chi connectivity index (χ1n) is 7.00.